The molecule has 0 spiro atoms. The van der Waals surface area contributed by atoms with Gasteiger partial charge >= 0.3 is 0 Å². The van der Waals surface area contributed by atoms with E-state index < -0.39 is 0 Å². The zero-order valence-electron chi connectivity index (χ0n) is 17.2. The molecular weight excluding hydrogens is 372 g/mol. The summed E-state index contributed by atoms with van der Waals surface area (Å²) in [5, 5.41) is 0. The topological polar surface area (TPSA) is 40.6 Å². The first kappa shape index (κ1) is 19.6. The normalized spacial score (nSPS) is 13.9. The van der Waals surface area contributed by atoms with E-state index in [0.717, 1.165) is 22.3 Å². The first-order valence-corrected chi connectivity index (χ1v) is 10.0. The molecule has 1 aliphatic rings. The van der Waals surface area contributed by atoms with Crippen molar-refractivity contribution in [1.82, 2.24) is 9.80 Å². The molecule has 0 N–H and O–H groups in total. The smallest absolute Gasteiger partial charge is 0.278 e. The predicted octanol–water partition coefficient (Wildman–Crippen LogP) is 4.41. The highest BCUT2D eigenvalue weighted by molar-refractivity contribution is 6.35. The molecule has 4 heteroatoms. The molecule has 0 saturated heterocycles. The van der Waals surface area contributed by atoms with Gasteiger partial charge in [0, 0.05) is 13.6 Å². The SMILES string of the molecule is Cc1ccc(CN2C(=O)C(c3ccccc3)=C(N(C)Cc3ccccc3)C2=O)cc1. The lowest BCUT2D eigenvalue weighted by Crippen LogP contribution is -2.33. The van der Waals surface area contributed by atoms with Crippen LogP contribution in [-0.2, 0) is 22.7 Å². The second kappa shape index (κ2) is 8.37. The number of nitrogens with zero attached hydrogens (tertiary/aromatic N) is 2. The number of carbonyl (C=O) groups is 2. The average molecular weight is 396 g/mol. The number of amides is 2. The van der Waals surface area contributed by atoms with E-state index in [1.807, 2.05) is 104 Å². The molecule has 3 aromatic rings. The first-order chi connectivity index (χ1) is 14.5. The van der Waals surface area contributed by atoms with Gasteiger partial charge in [0.05, 0.1) is 12.1 Å². The Morgan fingerprint density at radius 3 is 1.97 bits per heavy atom. The summed E-state index contributed by atoms with van der Waals surface area (Å²) in [5.74, 6) is -0.500. The highest BCUT2D eigenvalue weighted by Gasteiger charge is 2.40. The van der Waals surface area contributed by atoms with Gasteiger partial charge in [-0.2, -0.15) is 0 Å². The van der Waals surface area contributed by atoms with E-state index in [1.165, 1.54) is 4.90 Å². The van der Waals surface area contributed by atoms with Crippen LogP contribution in [0.25, 0.3) is 5.57 Å². The van der Waals surface area contributed by atoms with Crippen LogP contribution < -0.4 is 0 Å². The molecule has 2 amide bonds. The third kappa shape index (κ3) is 3.90. The Morgan fingerprint density at radius 2 is 1.33 bits per heavy atom. The zero-order valence-corrected chi connectivity index (χ0v) is 17.2. The fraction of sp³-hybridized carbons (Fsp3) is 0.154. The molecule has 0 bridgehead atoms. The summed E-state index contributed by atoms with van der Waals surface area (Å²) in [5.41, 5.74) is 4.83. The summed E-state index contributed by atoms with van der Waals surface area (Å²) in [6.07, 6.45) is 0. The summed E-state index contributed by atoms with van der Waals surface area (Å²) >= 11 is 0. The fourth-order valence-electron chi connectivity index (χ4n) is 3.74. The van der Waals surface area contributed by atoms with Gasteiger partial charge in [0.25, 0.3) is 11.8 Å². The number of carbonyl (C=O) groups excluding carboxylic acids is 2. The van der Waals surface area contributed by atoms with Crippen LogP contribution in [-0.4, -0.2) is 28.7 Å². The van der Waals surface area contributed by atoms with Gasteiger partial charge in [-0.15, -0.1) is 0 Å². The van der Waals surface area contributed by atoms with E-state index in [-0.39, 0.29) is 18.4 Å². The number of aryl methyl sites for hydroxylation is 1. The fourth-order valence-corrected chi connectivity index (χ4v) is 3.74. The third-order valence-corrected chi connectivity index (χ3v) is 5.31. The van der Waals surface area contributed by atoms with Gasteiger partial charge in [-0.25, -0.2) is 0 Å². The van der Waals surface area contributed by atoms with Crippen LogP contribution in [0.4, 0.5) is 0 Å². The molecule has 0 aliphatic carbocycles. The zero-order chi connectivity index (χ0) is 21.1. The molecule has 0 aromatic heterocycles. The van der Waals surface area contributed by atoms with Gasteiger partial charge < -0.3 is 4.90 Å². The van der Waals surface area contributed by atoms with Crippen molar-refractivity contribution in [3.05, 3.63) is 113 Å². The Balaban J connectivity index is 1.70. The highest BCUT2D eigenvalue weighted by Crippen LogP contribution is 2.32. The molecule has 4 nitrogen and oxygen atoms in total. The number of likely N-dealkylation sites (N-methyl/N-ethyl adjacent to an activating group) is 1. The molecule has 0 atom stereocenters. The monoisotopic (exact) mass is 396 g/mol. The van der Waals surface area contributed by atoms with Gasteiger partial charge in [-0.1, -0.05) is 90.5 Å². The average Bonchev–Trinajstić information content (AvgIpc) is 3.01. The van der Waals surface area contributed by atoms with E-state index >= 15 is 0 Å². The number of imide groups is 1. The van der Waals surface area contributed by atoms with Crippen LogP contribution >= 0.6 is 0 Å². The number of benzene rings is 3. The minimum atomic E-state index is -0.252. The summed E-state index contributed by atoms with van der Waals surface area (Å²) in [6.45, 7) is 2.82. The van der Waals surface area contributed by atoms with Crippen LogP contribution in [0.1, 0.15) is 22.3 Å². The van der Waals surface area contributed by atoms with E-state index in [2.05, 4.69) is 0 Å². The van der Waals surface area contributed by atoms with Gasteiger partial charge in [0.15, 0.2) is 0 Å². The Hall–Kier alpha value is -3.66. The van der Waals surface area contributed by atoms with E-state index in [0.29, 0.717) is 17.8 Å². The molecule has 30 heavy (non-hydrogen) atoms. The highest BCUT2D eigenvalue weighted by atomic mass is 16.2. The molecule has 4 rings (SSSR count). The molecule has 3 aromatic carbocycles. The standard InChI is InChI=1S/C26H24N2O2/c1-19-13-15-21(16-14-19)18-28-25(29)23(22-11-7-4-8-12-22)24(26(28)30)27(2)17-20-9-5-3-6-10-20/h3-16H,17-18H2,1-2H3. The minimum Gasteiger partial charge on any atom is -0.365 e. The molecule has 0 radical (unpaired) electrons. The summed E-state index contributed by atoms with van der Waals surface area (Å²) in [4.78, 5) is 30.0. The van der Waals surface area contributed by atoms with Crippen molar-refractivity contribution in [1.29, 1.82) is 0 Å². The maximum atomic E-state index is 13.4. The maximum absolute atomic E-state index is 13.4. The van der Waals surface area contributed by atoms with Gasteiger partial charge in [-0.05, 0) is 23.6 Å². The van der Waals surface area contributed by atoms with Gasteiger partial charge in [-0.3, -0.25) is 14.5 Å². The summed E-state index contributed by atoms with van der Waals surface area (Å²) in [6, 6.07) is 27.3. The van der Waals surface area contributed by atoms with Crippen LogP contribution in [0.5, 0.6) is 0 Å². The van der Waals surface area contributed by atoms with E-state index in [9.17, 15) is 9.59 Å². The van der Waals surface area contributed by atoms with Crippen LogP contribution in [0.3, 0.4) is 0 Å². The maximum Gasteiger partial charge on any atom is 0.278 e. The second-order valence-electron chi connectivity index (χ2n) is 7.61. The molecular formula is C26H24N2O2. The van der Waals surface area contributed by atoms with Crippen LogP contribution in [0, 0.1) is 6.92 Å². The Bertz CT molecular complexity index is 1090. The Morgan fingerprint density at radius 1 is 0.733 bits per heavy atom. The van der Waals surface area contributed by atoms with Crippen molar-refractivity contribution in [2.24, 2.45) is 0 Å². The van der Waals surface area contributed by atoms with Gasteiger partial charge in [0.2, 0.25) is 0 Å². The van der Waals surface area contributed by atoms with Crippen molar-refractivity contribution >= 4 is 17.4 Å². The Labute approximate surface area is 177 Å². The van der Waals surface area contributed by atoms with Crippen LogP contribution in [0.2, 0.25) is 0 Å². The molecule has 0 fully saturated rings. The van der Waals surface area contributed by atoms with Crippen molar-refractivity contribution in [3.63, 3.8) is 0 Å². The summed E-state index contributed by atoms with van der Waals surface area (Å²) < 4.78 is 0. The summed E-state index contributed by atoms with van der Waals surface area (Å²) in [7, 11) is 1.87. The predicted molar refractivity (Wildman–Crippen MR) is 118 cm³/mol. The second-order valence-corrected chi connectivity index (χ2v) is 7.61. The van der Waals surface area contributed by atoms with Crippen LogP contribution in [0.15, 0.2) is 90.6 Å². The number of hydrogen-bond acceptors (Lipinski definition) is 3. The largest absolute Gasteiger partial charge is 0.365 e. The van der Waals surface area contributed by atoms with Crippen molar-refractivity contribution in [3.8, 4) is 0 Å². The van der Waals surface area contributed by atoms with Gasteiger partial charge in [0.1, 0.15) is 5.70 Å². The van der Waals surface area contributed by atoms with Crippen molar-refractivity contribution in [2.45, 2.75) is 20.0 Å². The van der Waals surface area contributed by atoms with Crippen molar-refractivity contribution in [2.75, 3.05) is 7.05 Å². The first-order valence-electron chi connectivity index (χ1n) is 10.0. The molecule has 0 saturated carbocycles. The minimum absolute atomic E-state index is 0.248. The molecule has 1 aliphatic heterocycles. The number of rotatable bonds is 6. The van der Waals surface area contributed by atoms with E-state index in [1.54, 1.807) is 0 Å². The third-order valence-electron chi connectivity index (χ3n) is 5.31. The molecule has 0 unspecified atom stereocenters. The molecule has 1 heterocycles. The number of hydrogen-bond donors (Lipinski definition) is 0. The lowest BCUT2D eigenvalue weighted by molar-refractivity contribution is -0.138. The van der Waals surface area contributed by atoms with Crippen molar-refractivity contribution < 1.29 is 9.59 Å². The van der Waals surface area contributed by atoms with E-state index in [4.69, 9.17) is 0 Å². The molecule has 150 valence electrons. The Kier molecular flexibility index (Phi) is 5.48. The quantitative estimate of drug-likeness (QED) is 0.580. The lowest BCUT2D eigenvalue weighted by atomic mass is 10.0. The lowest BCUT2D eigenvalue weighted by Gasteiger charge is -2.21.